The maximum Gasteiger partial charge on any atom is 0.290 e. The van der Waals surface area contributed by atoms with Crippen LogP contribution in [0.15, 0.2) is 51.9 Å². The summed E-state index contributed by atoms with van der Waals surface area (Å²) in [6.45, 7) is -0.382. The monoisotopic (exact) mass is 362 g/mol. The van der Waals surface area contributed by atoms with Crippen LogP contribution in [-0.2, 0) is 11.3 Å². The van der Waals surface area contributed by atoms with E-state index in [-0.39, 0.29) is 17.3 Å². The number of halogens is 2. The molecule has 7 nitrogen and oxygen atoms in total. The lowest BCUT2D eigenvalue weighted by molar-refractivity contribution is -0.117. The van der Waals surface area contributed by atoms with Gasteiger partial charge in [-0.15, -0.1) is 0 Å². The molecular weight excluding hydrogens is 351 g/mol. The third-order valence-corrected chi connectivity index (χ3v) is 3.56. The lowest BCUT2D eigenvalue weighted by Crippen LogP contribution is -2.31. The number of hydrogen-bond acceptors (Lipinski definition) is 5. The number of benzene rings is 1. The van der Waals surface area contributed by atoms with E-state index >= 15 is 0 Å². The number of nitrogen functional groups attached to an aromatic ring is 1. The smallest absolute Gasteiger partial charge is 0.290 e. The van der Waals surface area contributed by atoms with Crippen molar-refractivity contribution < 1.29 is 13.6 Å². The van der Waals surface area contributed by atoms with Gasteiger partial charge >= 0.3 is 0 Å². The van der Waals surface area contributed by atoms with E-state index in [0.29, 0.717) is 17.1 Å². The van der Waals surface area contributed by atoms with Gasteiger partial charge in [0.1, 0.15) is 23.7 Å². The van der Waals surface area contributed by atoms with E-state index in [4.69, 9.17) is 21.8 Å². The molecule has 0 spiro atoms. The van der Waals surface area contributed by atoms with Gasteiger partial charge in [-0.3, -0.25) is 9.59 Å². The van der Waals surface area contributed by atoms with E-state index in [1.807, 2.05) is 0 Å². The molecule has 25 heavy (non-hydrogen) atoms. The molecule has 3 N–H and O–H groups in total. The molecule has 9 heteroatoms. The van der Waals surface area contributed by atoms with Gasteiger partial charge in [0.15, 0.2) is 5.76 Å². The van der Waals surface area contributed by atoms with Gasteiger partial charge < -0.3 is 15.5 Å². The van der Waals surface area contributed by atoms with Gasteiger partial charge in [-0.1, -0.05) is 11.6 Å². The Bertz CT molecular complexity index is 986. The Hall–Kier alpha value is -3.13. The van der Waals surface area contributed by atoms with Gasteiger partial charge in [0.2, 0.25) is 5.91 Å². The molecule has 3 aromatic rings. The van der Waals surface area contributed by atoms with Gasteiger partial charge in [0.05, 0.1) is 11.3 Å². The van der Waals surface area contributed by atoms with Crippen LogP contribution < -0.4 is 16.6 Å². The molecule has 0 radical (unpaired) electrons. The van der Waals surface area contributed by atoms with Crippen molar-refractivity contribution in [3.05, 3.63) is 63.9 Å². The highest BCUT2D eigenvalue weighted by Gasteiger charge is 2.13. The number of hydrogen-bond donors (Lipinski definition) is 2. The average Bonchev–Trinajstić information content (AvgIpc) is 3.09. The first-order valence-electron chi connectivity index (χ1n) is 7.10. The molecule has 0 aliphatic rings. The summed E-state index contributed by atoms with van der Waals surface area (Å²) in [5.74, 6) is -0.740. The molecule has 0 aliphatic carbocycles. The number of nitrogens with zero attached hydrogens (tertiary/aromatic N) is 2. The molecule has 0 unspecified atom stereocenters. The summed E-state index contributed by atoms with van der Waals surface area (Å²) in [4.78, 5) is 24.2. The minimum atomic E-state index is -0.609. The van der Waals surface area contributed by atoms with Crippen molar-refractivity contribution >= 4 is 28.9 Å². The first-order valence-corrected chi connectivity index (χ1v) is 7.48. The molecule has 128 valence electrons. The maximum atomic E-state index is 13.1. The zero-order chi connectivity index (χ0) is 18.0. The highest BCUT2D eigenvalue weighted by atomic mass is 35.5. The van der Waals surface area contributed by atoms with Gasteiger partial charge in [-0.05, 0) is 36.4 Å². The van der Waals surface area contributed by atoms with Gasteiger partial charge in [-0.2, -0.15) is 5.10 Å². The third-order valence-electron chi connectivity index (χ3n) is 3.27. The molecule has 1 amide bonds. The molecule has 0 fully saturated rings. The standard InChI is InChI=1S/C16H12ClFN4O3/c17-10-6-9(3-4-11(10)18)20-15(23)8-22-16(24)12(19)7-13(21-22)14-2-1-5-25-14/h1-7H,8,19H2,(H,20,23). The van der Waals surface area contributed by atoms with Crippen molar-refractivity contribution in [2.24, 2.45) is 0 Å². The zero-order valence-corrected chi connectivity index (χ0v) is 13.5. The molecule has 0 atom stereocenters. The highest BCUT2D eigenvalue weighted by molar-refractivity contribution is 6.31. The van der Waals surface area contributed by atoms with Crippen molar-refractivity contribution in [2.45, 2.75) is 6.54 Å². The van der Waals surface area contributed by atoms with Crippen molar-refractivity contribution in [3.63, 3.8) is 0 Å². The van der Waals surface area contributed by atoms with E-state index in [0.717, 1.165) is 10.7 Å². The molecule has 0 saturated carbocycles. The summed E-state index contributed by atoms with van der Waals surface area (Å²) < 4.78 is 19.3. The largest absolute Gasteiger partial charge is 0.463 e. The van der Waals surface area contributed by atoms with E-state index in [1.165, 1.54) is 24.5 Å². The second kappa shape index (κ2) is 6.78. The Morgan fingerprint density at radius 2 is 2.16 bits per heavy atom. The fraction of sp³-hybridized carbons (Fsp3) is 0.0625. The summed E-state index contributed by atoms with van der Waals surface area (Å²) in [5.41, 5.74) is 5.62. The molecular formula is C16H12ClFN4O3. The van der Waals surface area contributed by atoms with E-state index in [1.54, 1.807) is 12.1 Å². The van der Waals surface area contributed by atoms with Crippen molar-refractivity contribution in [2.75, 3.05) is 11.1 Å². The maximum absolute atomic E-state index is 13.1. The lowest BCUT2D eigenvalue weighted by atomic mass is 10.3. The topological polar surface area (TPSA) is 103 Å². The summed E-state index contributed by atoms with van der Waals surface area (Å²) in [5, 5.41) is 6.45. The van der Waals surface area contributed by atoms with E-state index < -0.39 is 17.3 Å². The molecule has 1 aromatic carbocycles. The quantitative estimate of drug-likeness (QED) is 0.742. The summed E-state index contributed by atoms with van der Waals surface area (Å²) in [6.07, 6.45) is 1.45. The van der Waals surface area contributed by atoms with Crippen LogP contribution in [0, 0.1) is 5.82 Å². The van der Waals surface area contributed by atoms with Crippen LogP contribution in [0.1, 0.15) is 0 Å². The predicted molar refractivity (Wildman–Crippen MR) is 90.7 cm³/mol. The Morgan fingerprint density at radius 3 is 2.84 bits per heavy atom. The number of furan rings is 1. The zero-order valence-electron chi connectivity index (χ0n) is 12.7. The number of aromatic nitrogens is 2. The Kier molecular flexibility index (Phi) is 4.53. The first-order chi connectivity index (χ1) is 11.9. The highest BCUT2D eigenvalue weighted by Crippen LogP contribution is 2.20. The van der Waals surface area contributed by atoms with Gasteiger partial charge in [-0.25, -0.2) is 9.07 Å². The van der Waals surface area contributed by atoms with Gasteiger partial charge in [0, 0.05) is 5.69 Å². The normalized spacial score (nSPS) is 10.6. The predicted octanol–water partition coefficient (Wildman–Crippen LogP) is 2.52. The van der Waals surface area contributed by atoms with Crippen molar-refractivity contribution in [1.29, 1.82) is 0 Å². The number of carbonyl (C=O) groups is 1. The molecule has 2 heterocycles. The Balaban J connectivity index is 1.83. The Labute approximate surface area is 145 Å². The van der Waals surface area contributed by atoms with Crippen LogP contribution >= 0.6 is 11.6 Å². The molecule has 3 rings (SSSR count). The second-order valence-electron chi connectivity index (χ2n) is 5.10. The van der Waals surface area contributed by atoms with Crippen LogP contribution in [0.5, 0.6) is 0 Å². The van der Waals surface area contributed by atoms with Crippen LogP contribution in [0.3, 0.4) is 0 Å². The number of anilines is 2. The minimum Gasteiger partial charge on any atom is -0.463 e. The fourth-order valence-corrected chi connectivity index (χ4v) is 2.31. The van der Waals surface area contributed by atoms with Crippen LogP contribution in [0.2, 0.25) is 5.02 Å². The Morgan fingerprint density at radius 1 is 1.36 bits per heavy atom. The first kappa shape index (κ1) is 16.7. The van der Waals surface area contributed by atoms with Crippen LogP contribution in [0.25, 0.3) is 11.5 Å². The SMILES string of the molecule is Nc1cc(-c2ccco2)nn(CC(=O)Nc2ccc(F)c(Cl)c2)c1=O. The number of nitrogens with two attached hydrogens (primary N) is 1. The lowest BCUT2D eigenvalue weighted by Gasteiger charge is -2.09. The summed E-state index contributed by atoms with van der Waals surface area (Å²) in [6, 6.07) is 8.42. The number of carbonyl (C=O) groups excluding carboxylic acids is 1. The summed E-state index contributed by atoms with van der Waals surface area (Å²) >= 11 is 5.66. The minimum absolute atomic E-state index is 0.0703. The molecule has 0 bridgehead atoms. The average molecular weight is 363 g/mol. The number of rotatable bonds is 4. The third kappa shape index (κ3) is 3.69. The number of nitrogens with one attached hydrogen (secondary N) is 1. The van der Waals surface area contributed by atoms with Crippen molar-refractivity contribution in [1.82, 2.24) is 9.78 Å². The van der Waals surface area contributed by atoms with Crippen LogP contribution in [0.4, 0.5) is 15.8 Å². The summed E-state index contributed by atoms with van der Waals surface area (Å²) in [7, 11) is 0. The van der Waals surface area contributed by atoms with E-state index in [2.05, 4.69) is 10.4 Å². The van der Waals surface area contributed by atoms with Crippen molar-refractivity contribution in [3.8, 4) is 11.5 Å². The van der Waals surface area contributed by atoms with Gasteiger partial charge in [0.25, 0.3) is 5.56 Å². The second-order valence-corrected chi connectivity index (χ2v) is 5.51. The fourth-order valence-electron chi connectivity index (χ4n) is 2.12. The van der Waals surface area contributed by atoms with E-state index in [9.17, 15) is 14.0 Å². The van der Waals surface area contributed by atoms with Crippen LogP contribution in [-0.4, -0.2) is 15.7 Å². The molecule has 0 aliphatic heterocycles. The molecule has 0 saturated heterocycles. The molecule has 2 aromatic heterocycles. The number of amides is 1.